The van der Waals surface area contributed by atoms with Gasteiger partial charge in [-0.25, -0.2) is 16.8 Å². The maximum atomic E-state index is 12.4. The third-order valence-electron chi connectivity index (χ3n) is 3.94. The molecule has 2 rings (SSSR count). The predicted octanol–water partition coefficient (Wildman–Crippen LogP) is 0.916. The first-order chi connectivity index (χ1) is 10.8. The largest absolute Gasteiger partial charge is 0.214 e. The molecule has 0 N–H and O–H groups in total. The number of sulfonamides is 2. The lowest BCUT2D eigenvalue weighted by molar-refractivity contribution is 0.273. The fraction of sp³-hybridized carbons (Fsp3) is 0.600. The van der Waals surface area contributed by atoms with Crippen molar-refractivity contribution in [1.29, 1.82) is 0 Å². The van der Waals surface area contributed by atoms with Crippen molar-refractivity contribution in [2.45, 2.75) is 19.8 Å². The van der Waals surface area contributed by atoms with Crippen LogP contribution in [0.4, 0.5) is 0 Å². The number of nitrogens with zero attached hydrogens (tertiary/aromatic N) is 2. The van der Waals surface area contributed by atoms with Crippen molar-refractivity contribution >= 4 is 20.0 Å². The van der Waals surface area contributed by atoms with E-state index in [2.05, 4.69) is 0 Å². The van der Waals surface area contributed by atoms with Crippen LogP contribution in [0, 0.1) is 0 Å². The van der Waals surface area contributed by atoms with Crippen LogP contribution in [-0.4, -0.2) is 63.1 Å². The monoisotopic (exact) mass is 360 g/mol. The molecule has 1 heterocycles. The van der Waals surface area contributed by atoms with Gasteiger partial charge in [-0.1, -0.05) is 37.3 Å². The first kappa shape index (κ1) is 18.4. The molecule has 0 atom stereocenters. The Morgan fingerprint density at radius 1 is 0.826 bits per heavy atom. The molecule has 1 aromatic carbocycles. The minimum absolute atomic E-state index is 0.0543. The Balaban J connectivity index is 1.91. The van der Waals surface area contributed by atoms with Crippen LogP contribution in [0.1, 0.15) is 18.9 Å². The second kappa shape index (κ2) is 7.74. The van der Waals surface area contributed by atoms with E-state index in [4.69, 9.17) is 0 Å². The van der Waals surface area contributed by atoms with E-state index in [1.165, 1.54) is 8.61 Å². The van der Waals surface area contributed by atoms with Crippen LogP contribution in [0.2, 0.25) is 0 Å². The zero-order valence-electron chi connectivity index (χ0n) is 13.4. The molecule has 1 saturated heterocycles. The Hall–Kier alpha value is -0.960. The van der Waals surface area contributed by atoms with Gasteiger partial charge >= 0.3 is 0 Å². The highest BCUT2D eigenvalue weighted by Gasteiger charge is 2.31. The maximum Gasteiger partial charge on any atom is 0.214 e. The molecule has 8 heteroatoms. The zero-order chi connectivity index (χ0) is 16.9. The molecule has 1 fully saturated rings. The summed E-state index contributed by atoms with van der Waals surface area (Å²) in [5, 5.41) is 0. The third-order valence-corrected chi connectivity index (χ3v) is 7.89. The van der Waals surface area contributed by atoms with Crippen LogP contribution < -0.4 is 0 Å². The summed E-state index contributed by atoms with van der Waals surface area (Å²) >= 11 is 0. The second-order valence-electron chi connectivity index (χ2n) is 5.67. The summed E-state index contributed by atoms with van der Waals surface area (Å²) in [5.41, 5.74) is 0.986. The average Bonchev–Trinajstić information content (AvgIpc) is 2.54. The number of piperazine rings is 1. The Morgan fingerprint density at radius 3 is 1.78 bits per heavy atom. The van der Waals surface area contributed by atoms with E-state index in [1.54, 1.807) is 0 Å². The second-order valence-corrected chi connectivity index (χ2v) is 9.84. The molecule has 0 bridgehead atoms. The molecule has 23 heavy (non-hydrogen) atoms. The van der Waals surface area contributed by atoms with Crippen molar-refractivity contribution in [2.75, 3.05) is 37.7 Å². The van der Waals surface area contributed by atoms with E-state index in [9.17, 15) is 16.8 Å². The van der Waals surface area contributed by atoms with Gasteiger partial charge in [-0.05, 0) is 18.4 Å². The lowest BCUT2D eigenvalue weighted by Gasteiger charge is -2.33. The number of hydrogen-bond acceptors (Lipinski definition) is 4. The number of hydrogen-bond donors (Lipinski definition) is 0. The first-order valence-corrected chi connectivity index (χ1v) is 11.1. The lowest BCUT2D eigenvalue weighted by atomic mass is 10.2. The van der Waals surface area contributed by atoms with Gasteiger partial charge in [0.2, 0.25) is 20.0 Å². The van der Waals surface area contributed by atoms with Gasteiger partial charge in [-0.2, -0.15) is 8.61 Å². The van der Waals surface area contributed by atoms with Gasteiger partial charge in [0.1, 0.15) is 0 Å². The quantitative estimate of drug-likeness (QED) is 0.725. The van der Waals surface area contributed by atoms with Crippen LogP contribution in [0.25, 0.3) is 0 Å². The standard InChI is InChI=1S/C15H24N2O4S2/c1-2-13-22(18,19)16-9-11-17(12-10-16)23(20,21)14-8-15-6-4-3-5-7-15/h3-7H,2,8-14H2,1H3. The van der Waals surface area contributed by atoms with E-state index in [1.807, 2.05) is 37.3 Å². The molecule has 1 aliphatic heterocycles. The van der Waals surface area contributed by atoms with E-state index in [-0.39, 0.29) is 37.7 Å². The Kier molecular flexibility index (Phi) is 6.19. The fourth-order valence-corrected chi connectivity index (χ4v) is 5.60. The highest BCUT2D eigenvalue weighted by Crippen LogP contribution is 2.13. The summed E-state index contributed by atoms with van der Waals surface area (Å²) < 4.78 is 51.6. The minimum atomic E-state index is -3.35. The summed E-state index contributed by atoms with van der Waals surface area (Å²) in [5.74, 6) is 0.173. The van der Waals surface area contributed by atoms with Gasteiger partial charge in [0.25, 0.3) is 0 Å². The van der Waals surface area contributed by atoms with Crippen LogP contribution in [0.3, 0.4) is 0 Å². The van der Waals surface area contributed by atoms with E-state index in [0.717, 1.165) is 5.56 Å². The molecule has 1 aliphatic rings. The van der Waals surface area contributed by atoms with Crippen molar-refractivity contribution in [2.24, 2.45) is 0 Å². The number of aryl methyl sites for hydroxylation is 1. The molecule has 1 aromatic rings. The van der Waals surface area contributed by atoms with E-state index in [0.29, 0.717) is 12.8 Å². The van der Waals surface area contributed by atoms with Gasteiger partial charge in [-0.3, -0.25) is 0 Å². The third kappa shape index (κ3) is 5.00. The maximum absolute atomic E-state index is 12.4. The fourth-order valence-electron chi connectivity index (χ4n) is 2.63. The van der Waals surface area contributed by atoms with Crippen LogP contribution in [0.15, 0.2) is 30.3 Å². The van der Waals surface area contributed by atoms with Crippen molar-refractivity contribution in [3.05, 3.63) is 35.9 Å². The first-order valence-electron chi connectivity index (χ1n) is 7.85. The predicted molar refractivity (Wildman–Crippen MR) is 91.2 cm³/mol. The molecule has 0 aromatic heterocycles. The highest BCUT2D eigenvalue weighted by molar-refractivity contribution is 7.89. The molecule has 0 amide bonds. The van der Waals surface area contributed by atoms with Crippen molar-refractivity contribution in [3.63, 3.8) is 0 Å². The topological polar surface area (TPSA) is 74.8 Å². The highest BCUT2D eigenvalue weighted by atomic mass is 32.2. The molecule has 0 aliphatic carbocycles. The van der Waals surface area contributed by atoms with E-state index >= 15 is 0 Å². The van der Waals surface area contributed by atoms with Gasteiger partial charge in [0, 0.05) is 26.2 Å². The minimum Gasteiger partial charge on any atom is -0.212 e. The van der Waals surface area contributed by atoms with Crippen LogP contribution in [0.5, 0.6) is 0 Å². The molecule has 0 radical (unpaired) electrons. The van der Waals surface area contributed by atoms with Crippen LogP contribution in [-0.2, 0) is 26.5 Å². The molecule has 0 spiro atoms. The molecular weight excluding hydrogens is 336 g/mol. The number of benzene rings is 1. The number of rotatable bonds is 7. The smallest absolute Gasteiger partial charge is 0.212 e. The summed E-state index contributed by atoms with van der Waals surface area (Å²) in [6, 6.07) is 9.49. The molecule has 6 nitrogen and oxygen atoms in total. The Labute approximate surface area is 139 Å². The molecule has 130 valence electrons. The summed E-state index contributed by atoms with van der Waals surface area (Å²) in [4.78, 5) is 0. The lowest BCUT2D eigenvalue weighted by Crippen LogP contribution is -2.51. The van der Waals surface area contributed by atoms with Gasteiger partial charge in [-0.15, -0.1) is 0 Å². The molecular formula is C15H24N2O4S2. The van der Waals surface area contributed by atoms with E-state index < -0.39 is 20.0 Å². The van der Waals surface area contributed by atoms with Crippen molar-refractivity contribution in [3.8, 4) is 0 Å². The van der Waals surface area contributed by atoms with Gasteiger partial charge in [0.05, 0.1) is 11.5 Å². The van der Waals surface area contributed by atoms with Gasteiger partial charge < -0.3 is 0 Å². The summed E-state index contributed by atoms with van der Waals surface area (Å²) in [7, 11) is -6.60. The Morgan fingerprint density at radius 2 is 1.30 bits per heavy atom. The normalized spacial score (nSPS) is 18.1. The summed E-state index contributed by atoms with van der Waals surface area (Å²) in [6.45, 7) is 2.78. The average molecular weight is 361 g/mol. The summed E-state index contributed by atoms with van der Waals surface area (Å²) in [6.07, 6.45) is 1.04. The van der Waals surface area contributed by atoms with Crippen molar-refractivity contribution < 1.29 is 16.8 Å². The Bertz CT molecular complexity index is 694. The van der Waals surface area contributed by atoms with Gasteiger partial charge in [0.15, 0.2) is 0 Å². The SMILES string of the molecule is CCCS(=O)(=O)N1CCN(S(=O)(=O)CCc2ccccc2)CC1. The zero-order valence-corrected chi connectivity index (χ0v) is 15.0. The van der Waals surface area contributed by atoms with Crippen LogP contribution >= 0.6 is 0 Å². The molecule has 0 saturated carbocycles. The van der Waals surface area contributed by atoms with Crippen molar-refractivity contribution in [1.82, 2.24) is 8.61 Å². The molecule has 0 unspecified atom stereocenters.